The quantitative estimate of drug-likeness (QED) is 0.246. The van der Waals surface area contributed by atoms with Crippen molar-refractivity contribution >= 4 is 29.7 Å². The van der Waals surface area contributed by atoms with Gasteiger partial charge in [0.05, 0.1) is 24.0 Å². The second kappa shape index (κ2) is 14.5. The monoisotopic (exact) mass is 641 g/mol. The summed E-state index contributed by atoms with van der Waals surface area (Å²) in [7, 11) is 1.52. The Labute approximate surface area is 272 Å². The molecule has 11 nitrogen and oxygen atoms in total. The molecule has 0 bridgehead atoms. The van der Waals surface area contributed by atoms with E-state index >= 15 is 0 Å². The molecule has 1 aliphatic carbocycles. The number of piperidine rings is 1. The van der Waals surface area contributed by atoms with Crippen molar-refractivity contribution in [2.24, 2.45) is 0 Å². The zero-order chi connectivity index (χ0) is 33.6. The minimum Gasteiger partial charge on any atom is -0.496 e. The molecular formula is C36H39N3O8. The number of fused-ring (bicyclic) bond motifs is 1. The normalized spacial score (nSPS) is 19.9. The molecule has 3 aromatic carbocycles. The lowest BCUT2D eigenvalue weighted by atomic mass is 9.62. The summed E-state index contributed by atoms with van der Waals surface area (Å²) in [5, 5.41) is 24.6. The van der Waals surface area contributed by atoms with Gasteiger partial charge in [-0.15, -0.1) is 0 Å². The molecule has 4 N–H and O–H groups in total. The number of hydrogen-bond donors (Lipinski definition) is 4. The number of likely N-dealkylation sites (tertiary alicyclic amines) is 1. The number of nitrogens with zero attached hydrogens (tertiary/aromatic N) is 1. The molecule has 2 aliphatic rings. The van der Waals surface area contributed by atoms with Crippen molar-refractivity contribution in [3.05, 3.63) is 101 Å². The van der Waals surface area contributed by atoms with Crippen LogP contribution in [0.4, 0.5) is 0 Å². The van der Waals surface area contributed by atoms with E-state index in [9.17, 15) is 29.1 Å². The van der Waals surface area contributed by atoms with Gasteiger partial charge in [0.1, 0.15) is 11.8 Å². The van der Waals surface area contributed by atoms with Crippen molar-refractivity contribution in [2.45, 2.75) is 61.9 Å². The van der Waals surface area contributed by atoms with Gasteiger partial charge >= 0.3 is 11.9 Å². The summed E-state index contributed by atoms with van der Waals surface area (Å²) in [5.74, 6) is -3.33. The molecule has 0 saturated carbocycles. The van der Waals surface area contributed by atoms with E-state index in [-0.39, 0.29) is 30.7 Å². The van der Waals surface area contributed by atoms with E-state index < -0.39 is 41.6 Å². The predicted octanol–water partition coefficient (Wildman–Crippen LogP) is 3.71. The van der Waals surface area contributed by atoms with Crippen LogP contribution < -0.4 is 15.4 Å². The van der Waals surface area contributed by atoms with Gasteiger partial charge in [-0.05, 0) is 60.9 Å². The van der Waals surface area contributed by atoms with Crippen molar-refractivity contribution in [1.29, 1.82) is 0 Å². The van der Waals surface area contributed by atoms with E-state index in [0.717, 1.165) is 0 Å². The van der Waals surface area contributed by atoms with Gasteiger partial charge in [0.2, 0.25) is 11.8 Å². The third kappa shape index (κ3) is 6.98. The Hall–Kier alpha value is -5.19. The van der Waals surface area contributed by atoms with Gasteiger partial charge in [-0.3, -0.25) is 19.2 Å². The summed E-state index contributed by atoms with van der Waals surface area (Å²) in [6.45, 7) is 0.922. The lowest BCUT2D eigenvalue weighted by Gasteiger charge is -2.43. The molecule has 1 saturated heterocycles. The van der Waals surface area contributed by atoms with Crippen molar-refractivity contribution in [1.82, 2.24) is 15.5 Å². The second-order valence-corrected chi connectivity index (χ2v) is 12.0. The zero-order valence-corrected chi connectivity index (χ0v) is 26.2. The van der Waals surface area contributed by atoms with E-state index in [1.165, 1.54) is 7.11 Å². The Balaban J connectivity index is 1.36. The van der Waals surface area contributed by atoms with Gasteiger partial charge in [0, 0.05) is 25.6 Å². The van der Waals surface area contributed by atoms with Crippen molar-refractivity contribution < 1.29 is 38.9 Å². The Morgan fingerprint density at radius 3 is 2.23 bits per heavy atom. The Bertz CT molecular complexity index is 1640. The number of carbonyl (C=O) groups excluding carboxylic acids is 3. The molecule has 5 rings (SSSR count). The number of rotatable bonds is 11. The third-order valence-electron chi connectivity index (χ3n) is 9.30. The van der Waals surface area contributed by atoms with E-state index in [2.05, 4.69) is 10.6 Å². The van der Waals surface area contributed by atoms with Gasteiger partial charge in [0.25, 0.3) is 5.91 Å². The number of aliphatic carboxylic acids is 2. The number of methoxy groups -OCH3 is 1. The summed E-state index contributed by atoms with van der Waals surface area (Å²) < 4.78 is 5.32. The summed E-state index contributed by atoms with van der Waals surface area (Å²) in [5.41, 5.74) is 1.14. The first-order valence-corrected chi connectivity index (χ1v) is 15.8. The Morgan fingerprint density at radius 1 is 0.894 bits per heavy atom. The van der Waals surface area contributed by atoms with Crippen LogP contribution in [0.1, 0.15) is 71.5 Å². The molecule has 0 spiro atoms. The minimum atomic E-state index is -1.39. The lowest BCUT2D eigenvalue weighted by Crippen LogP contribution is -2.54. The Kier molecular flexibility index (Phi) is 10.2. The van der Waals surface area contributed by atoms with Crippen LogP contribution in [0.5, 0.6) is 5.75 Å². The van der Waals surface area contributed by atoms with E-state index in [1.54, 1.807) is 42.5 Å². The summed E-state index contributed by atoms with van der Waals surface area (Å²) in [4.78, 5) is 66.3. The minimum absolute atomic E-state index is 0.0566. The number of carboxylic acids is 2. The first kappa shape index (κ1) is 33.2. The van der Waals surface area contributed by atoms with Crippen LogP contribution >= 0.6 is 0 Å². The molecule has 1 heterocycles. The molecule has 0 unspecified atom stereocenters. The van der Waals surface area contributed by atoms with Crippen LogP contribution in [0, 0.1) is 0 Å². The fourth-order valence-corrected chi connectivity index (χ4v) is 6.85. The van der Waals surface area contributed by atoms with Crippen LogP contribution in [0.3, 0.4) is 0 Å². The largest absolute Gasteiger partial charge is 0.496 e. The molecule has 0 radical (unpaired) electrons. The topological polar surface area (TPSA) is 162 Å². The Morgan fingerprint density at radius 2 is 1.55 bits per heavy atom. The van der Waals surface area contributed by atoms with Crippen LogP contribution in [-0.4, -0.2) is 77.1 Å². The number of hydrogen-bond acceptors (Lipinski definition) is 6. The highest BCUT2D eigenvalue weighted by Crippen LogP contribution is 2.48. The van der Waals surface area contributed by atoms with Gasteiger partial charge in [-0.2, -0.15) is 0 Å². The van der Waals surface area contributed by atoms with Crippen molar-refractivity contribution in [3.63, 3.8) is 0 Å². The van der Waals surface area contributed by atoms with Crippen LogP contribution in [-0.2, 0) is 24.6 Å². The summed E-state index contributed by atoms with van der Waals surface area (Å²) in [6.07, 6.45) is 1.08. The molecule has 0 aromatic heterocycles. The summed E-state index contributed by atoms with van der Waals surface area (Å²) in [6, 6.07) is 21.9. The number of carboxylic acid groups (broad SMARTS) is 2. The lowest BCUT2D eigenvalue weighted by molar-refractivity contribution is -0.143. The maximum atomic E-state index is 14.2. The third-order valence-corrected chi connectivity index (χ3v) is 9.30. The number of carbonyl (C=O) groups is 5. The average molecular weight is 642 g/mol. The number of nitrogens with one attached hydrogen (secondary N) is 2. The highest BCUT2D eigenvalue weighted by atomic mass is 16.5. The van der Waals surface area contributed by atoms with Gasteiger partial charge in [0.15, 0.2) is 0 Å². The van der Waals surface area contributed by atoms with Crippen molar-refractivity contribution in [2.75, 3.05) is 20.2 Å². The molecule has 3 aromatic rings. The molecule has 3 atom stereocenters. The first-order chi connectivity index (χ1) is 22.6. The van der Waals surface area contributed by atoms with E-state index in [1.807, 2.05) is 41.3 Å². The van der Waals surface area contributed by atoms with Gasteiger partial charge in [-0.1, -0.05) is 66.7 Å². The highest BCUT2D eigenvalue weighted by Gasteiger charge is 2.49. The molecular weight excluding hydrogens is 602 g/mol. The van der Waals surface area contributed by atoms with E-state index in [0.29, 0.717) is 60.4 Å². The van der Waals surface area contributed by atoms with Crippen molar-refractivity contribution in [3.8, 4) is 5.75 Å². The second-order valence-electron chi connectivity index (χ2n) is 12.0. The molecule has 47 heavy (non-hydrogen) atoms. The van der Waals surface area contributed by atoms with Crippen LogP contribution in [0.25, 0.3) is 0 Å². The van der Waals surface area contributed by atoms with Gasteiger partial charge in [-0.25, -0.2) is 4.79 Å². The van der Waals surface area contributed by atoms with Crippen LogP contribution in [0.15, 0.2) is 78.9 Å². The van der Waals surface area contributed by atoms with E-state index in [4.69, 9.17) is 9.84 Å². The standard InChI is InChI=1S/C36H39N3O8/c1-47-30-14-8-6-12-27(30)32(42)37-24-18-21-39(22-19-24)33(43)26-17-20-36(23-9-3-2-4-10-23,28-13-7-5-11-25(26)28)35(46)38-29(34(44)45)15-16-31(40)41/h2-14,24,26,29H,15-22H2,1H3,(H,37,42)(H,38,46)(H,40,41)(H,44,45)/t26-,29-,36+/m0/s1. The maximum Gasteiger partial charge on any atom is 0.326 e. The van der Waals surface area contributed by atoms with Gasteiger partial charge < -0.3 is 30.5 Å². The average Bonchev–Trinajstić information content (AvgIpc) is 3.09. The number of benzene rings is 3. The predicted molar refractivity (Wildman–Crippen MR) is 172 cm³/mol. The molecule has 246 valence electrons. The van der Waals surface area contributed by atoms with Crippen LogP contribution in [0.2, 0.25) is 0 Å². The molecule has 1 fully saturated rings. The molecule has 11 heteroatoms. The number of para-hydroxylation sites is 1. The fraction of sp³-hybridized carbons (Fsp3) is 0.361. The number of amides is 3. The molecule has 1 aliphatic heterocycles. The highest BCUT2D eigenvalue weighted by molar-refractivity contribution is 5.98. The maximum absolute atomic E-state index is 14.2. The SMILES string of the molecule is COc1ccccc1C(=O)NC1CCN(C(=O)[C@H]2CC[C@@](C(=O)N[C@@H](CCC(=O)O)C(=O)O)(c3ccccc3)c3ccccc32)CC1. The molecule has 3 amide bonds. The first-order valence-electron chi connectivity index (χ1n) is 15.8. The zero-order valence-electron chi connectivity index (χ0n) is 26.2. The smallest absolute Gasteiger partial charge is 0.326 e. The number of ether oxygens (including phenoxy) is 1. The summed E-state index contributed by atoms with van der Waals surface area (Å²) >= 11 is 0. The fourth-order valence-electron chi connectivity index (χ4n) is 6.85.